The SMILES string of the molecule is CCOC(=O)C(N)=CC=Nc1cc(O[C@@H](C)[C@@H]2CCCN2C)nc(C(=N)C2CCC[C@@]3(CCCc4sc(N)c(C#N)c43)C2=O)n1. The van der Waals surface area contributed by atoms with E-state index in [9.17, 15) is 20.3 Å². The van der Waals surface area contributed by atoms with Crippen LogP contribution in [-0.2, 0) is 26.2 Å². The van der Waals surface area contributed by atoms with E-state index in [4.69, 9.17) is 20.9 Å². The minimum absolute atomic E-state index is 0.0120. The maximum Gasteiger partial charge on any atom is 0.354 e. The minimum Gasteiger partial charge on any atom is -0.473 e. The number of hydrogen-bond donors (Lipinski definition) is 3. The van der Waals surface area contributed by atoms with Gasteiger partial charge in [0.25, 0.3) is 0 Å². The molecular weight excluding hydrogens is 592 g/mol. The first kappa shape index (κ1) is 32.2. The average Bonchev–Trinajstić information content (AvgIpc) is 3.60. The number of likely N-dealkylation sites (tertiary alicyclic amines) is 1. The van der Waals surface area contributed by atoms with E-state index in [0.717, 1.165) is 42.7 Å². The largest absolute Gasteiger partial charge is 0.473 e. The molecule has 1 spiro atoms. The number of rotatable bonds is 9. The van der Waals surface area contributed by atoms with Gasteiger partial charge in [-0.05, 0) is 84.0 Å². The molecule has 0 bridgehead atoms. The standard InChI is InChI=1S/C32H40N8O4S/c1-4-43-31(42)21(34)11-14-37-24-16-25(44-18(2)22-9-7-15-40(22)3)39-30(38-24)27(35)19-8-5-12-32(28(19)41)13-6-10-23-26(32)20(17-33)29(36)45-23/h11,14,16,18-19,22,35H,4-10,12-13,15,34,36H2,1-3H3/t18-,19?,22-,32-/m0/s1. The predicted octanol–water partition coefficient (Wildman–Crippen LogP) is 3.97. The molecule has 1 saturated heterocycles. The number of anilines is 1. The van der Waals surface area contributed by atoms with Crippen LogP contribution >= 0.6 is 11.3 Å². The van der Waals surface area contributed by atoms with Crippen LogP contribution in [0.3, 0.4) is 0 Å². The third-order valence-corrected chi connectivity index (χ3v) is 10.2. The zero-order valence-corrected chi connectivity index (χ0v) is 26.8. The molecule has 2 aromatic heterocycles. The predicted molar refractivity (Wildman–Crippen MR) is 172 cm³/mol. The van der Waals surface area contributed by atoms with Crippen molar-refractivity contribution in [2.45, 2.75) is 82.8 Å². The number of ether oxygens (including phenoxy) is 2. The van der Waals surface area contributed by atoms with Crippen molar-refractivity contribution in [3.05, 3.63) is 39.7 Å². The van der Waals surface area contributed by atoms with Gasteiger partial charge >= 0.3 is 5.97 Å². The second-order valence-electron chi connectivity index (χ2n) is 11.9. The number of thiophene rings is 1. The molecule has 0 aromatic carbocycles. The Kier molecular flexibility index (Phi) is 9.65. The van der Waals surface area contributed by atoms with Crippen LogP contribution < -0.4 is 16.2 Å². The highest BCUT2D eigenvalue weighted by atomic mass is 32.1. The number of aryl methyl sites for hydroxylation is 1. The number of Topliss-reactive ketones (excluding diaryl/α,β-unsaturated/α-hetero) is 1. The van der Waals surface area contributed by atoms with Crippen molar-refractivity contribution in [3.63, 3.8) is 0 Å². The Morgan fingerprint density at radius 2 is 2.11 bits per heavy atom. The van der Waals surface area contributed by atoms with Crippen LogP contribution in [0.1, 0.15) is 80.6 Å². The molecule has 4 atom stereocenters. The summed E-state index contributed by atoms with van der Waals surface area (Å²) in [4.78, 5) is 43.0. The van der Waals surface area contributed by atoms with E-state index in [1.807, 2.05) is 6.92 Å². The van der Waals surface area contributed by atoms with Crippen LogP contribution in [0.2, 0.25) is 0 Å². The first-order valence-electron chi connectivity index (χ1n) is 15.5. The number of nitriles is 1. The molecule has 45 heavy (non-hydrogen) atoms. The highest BCUT2D eigenvalue weighted by Crippen LogP contribution is 2.52. The number of aliphatic imine (C=N–C) groups is 1. The van der Waals surface area contributed by atoms with E-state index in [1.165, 1.54) is 23.6 Å². The van der Waals surface area contributed by atoms with Gasteiger partial charge in [-0.1, -0.05) is 6.42 Å². The molecule has 3 heterocycles. The fraction of sp³-hybridized carbons (Fsp3) is 0.531. The van der Waals surface area contributed by atoms with Crippen molar-refractivity contribution in [2.75, 3.05) is 25.9 Å². The molecule has 238 valence electrons. The lowest BCUT2D eigenvalue weighted by Gasteiger charge is -2.42. The average molecular weight is 633 g/mol. The third kappa shape index (κ3) is 6.35. The molecule has 13 heteroatoms. The first-order chi connectivity index (χ1) is 21.6. The molecule has 2 fully saturated rings. The van der Waals surface area contributed by atoms with Crippen LogP contribution in [0.15, 0.2) is 22.8 Å². The Morgan fingerprint density at radius 1 is 1.33 bits per heavy atom. The molecule has 3 aliphatic rings. The topological polar surface area (TPSA) is 194 Å². The molecule has 5 rings (SSSR count). The van der Waals surface area contributed by atoms with Gasteiger partial charge in [-0.3, -0.25) is 9.69 Å². The van der Waals surface area contributed by atoms with Crippen LogP contribution in [0, 0.1) is 22.7 Å². The Morgan fingerprint density at radius 3 is 2.82 bits per heavy atom. The molecule has 5 N–H and O–H groups in total. The molecular formula is C32H40N8O4S. The number of ketones is 1. The lowest BCUT2D eigenvalue weighted by molar-refractivity contribution is -0.138. The van der Waals surface area contributed by atoms with Gasteiger partial charge in [-0.2, -0.15) is 10.2 Å². The van der Waals surface area contributed by atoms with Gasteiger partial charge < -0.3 is 26.4 Å². The number of nitrogens with zero attached hydrogens (tertiary/aromatic N) is 5. The summed E-state index contributed by atoms with van der Waals surface area (Å²) in [6.45, 7) is 4.85. The summed E-state index contributed by atoms with van der Waals surface area (Å²) in [5.74, 6) is -1.03. The third-order valence-electron chi connectivity index (χ3n) is 9.17. The molecule has 1 unspecified atom stereocenters. The summed E-state index contributed by atoms with van der Waals surface area (Å²) in [7, 11) is 2.06. The van der Waals surface area contributed by atoms with Crippen LogP contribution in [-0.4, -0.2) is 70.9 Å². The summed E-state index contributed by atoms with van der Waals surface area (Å²) in [5.41, 5.74) is 12.2. The molecule has 0 radical (unpaired) electrons. The summed E-state index contributed by atoms with van der Waals surface area (Å²) in [5, 5.41) is 19.6. The number of hydrogen-bond acceptors (Lipinski definition) is 13. The molecule has 2 aliphatic carbocycles. The van der Waals surface area contributed by atoms with Gasteiger partial charge in [0.1, 0.15) is 22.9 Å². The van der Waals surface area contributed by atoms with E-state index in [0.29, 0.717) is 36.2 Å². The van der Waals surface area contributed by atoms with Crippen molar-refractivity contribution >= 4 is 45.8 Å². The van der Waals surface area contributed by atoms with Gasteiger partial charge in [-0.25, -0.2) is 14.8 Å². The Hall–Kier alpha value is -4.15. The first-order valence-corrected chi connectivity index (χ1v) is 16.3. The van der Waals surface area contributed by atoms with Crippen molar-refractivity contribution < 1.29 is 19.1 Å². The molecule has 12 nitrogen and oxygen atoms in total. The number of fused-ring (bicyclic) bond motifs is 2. The van der Waals surface area contributed by atoms with E-state index in [2.05, 4.69) is 33.0 Å². The second-order valence-corrected chi connectivity index (χ2v) is 13.1. The zero-order valence-electron chi connectivity index (χ0n) is 26.0. The van der Waals surface area contributed by atoms with Gasteiger partial charge in [-0.15, -0.1) is 11.3 Å². The number of carbonyl (C=O) groups excluding carboxylic acids is 2. The van der Waals surface area contributed by atoms with Crippen molar-refractivity contribution in [1.82, 2.24) is 14.9 Å². The van der Waals surface area contributed by atoms with Gasteiger partial charge in [0.05, 0.1) is 29.2 Å². The smallest absolute Gasteiger partial charge is 0.354 e. The van der Waals surface area contributed by atoms with Crippen LogP contribution in [0.5, 0.6) is 5.88 Å². The Balaban J connectivity index is 1.48. The lowest BCUT2D eigenvalue weighted by atomic mass is 9.59. The Labute approximate surface area is 267 Å². The maximum absolute atomic E-state index is 14.4. The molecule has 2 aromatic rings. The molecule has 1 saturated carbocycles. The van der Waals surface area contributed by atoms with E-state index in [1.54, 1.807) is 13.0 Å². The molecule has 1 aliphatic heterocycles. The quantitative estimate of drug-likeness (QED) is 0.207. The summed E-state index contributed by atoms with van der Waals surface area (Å²) < 4.78 is 11.2. The number of nitrogens with one attached hydrogen (secondary N) is 1. The summed E-state index contributed by atoms with van der Waals surface area (Å²) >= 11 is 1.40. The summed E-state index contributed by atoms with van der Waals surface area (Å²) in [6.07, 6.45) is 8.55. The number of esters is 1. The van der Waals surface area contributed by atoms with Crippen LogP contribution in [0.25, 0.3) is 0 Å². The number of likely N-dealkylation sites (N-methyl/N-ethyl adjacent to an activating group) is 1. The van der Waals surface area contributed by atoms with Gasteiger partial charge in [0, 0.05) is 23.2 Å². The minimum atomic E-state index is -0.853. The van der Waals surface area contributed by atoms with E-state index in [-0.39, 0.29) is 53.5 Å². The lowest BCUT2D eigenvalue weighted by Crippen LogP contribution is -2.48. The number of carbonyl (C=O) groups is 2. The Bertz CT molecular complexity index is 1590. The zero-order chi connectivity index (χ0) is 32.3. The fourth-order valence-electron chi connectivity index (χ4n) is 7.02. The number of nitrogens with two attached hydrogens (primary N) is 2. The molecule has 0 amide bonds. The fourth-order valence-corrected chi connectivity index (χ4v) is 8.19. The highest BCUT2D eigenvalue weighted by Gasteiger charge is 2.51. The van der Waals surface area contributed by atoms with Crippen molar-refractivity contribution in [2.24, 2.45) is 16.6 Å². The van der Waals surface area contributed by atoms with E-state index < -0.39 is 17.3 Å². The van der Waals surface area contributed by atoms with E-state index >= 15 is 0 Å². The number of aromatic nitrogens is 2. The summed E-state index contributed by atoms with van der Waals surface area (Å²) in [6, 6.07) is 4.02. The van der Waals surface area contributed by atoms with Gasteiger partial charge in [0.15, 0.2) is 17.4 Å². The monoisotopic (exact) mass is 632 g/mol. The number of allylic oxidation sites excluding steroid dienone is 1. The van der Waals surface area contributed by atoms with Crippen LogP contribution in [0.4, 0.5) is 10.8 Å². The number of nitrogen functional groups attached to an aromatic ring is 1. The highest BCUT2D eigenvalue weighted by molar-refractivity contribution is 7.16. The van der Waals surface area contributed by atoms with Crippen molar-refractivity contribution in [1.29, 1.82) is 10.7 Å². The second kappa shape index (κ2) is 13.5. The maximum atomic E-state index is 14.4. The van der Waals surface area contributed by atoms with Crippen molar-refractivity contribution in [3.8, 4) is 11.9 Å². The normalized spacial score (nSPS) is 24.4. The van der Waals surface area contributed by atoms with Gasteiger partial charge in [0.2, 0.25) is 5.88 Å².